The SMILES string of the molecule is COc1c(C)cc(C#N)nc1C(F)F. The monoisotopic (exact) mass is 198 g/mol. The Morgan fingerprint density at radius 1 is 1.57 bits per heavy atom. The quantitative estimate of drug-likeness (QED) is 0.731. The van der Waals surface area contributed by atoms with Crippen LogP contribution in [0.25, 0.3) is 0 Å². The number of aromatic nitrogens is 1. The minimum Gasteiger partial charge on any atom is -0.494 e. The maximum absolute atomic E-state index is 12.5. The number of methoxy groups -OCH3 is 1. The Kier molecular flexibility index (Phi) is 2.97. The Hall–Kier alpha value is -1.70. The summed E-state index contributed by atoms with van der Waals surface area (Å²) in [7, 11) is 1.29. The fraction of sp³-hybridized carbons (Fsp3) is 0.333. The van der Waals surface area contributed by atoms with E-state index in [1.54, 1.807) is 13.0 Å². The molecule has 0 bridgehead atoms. The number of nitriles is 1. The molecule has 0 N–H and O–H groups in total. The number of hydrogen-bond donors (Lipinski definition) is 0. The molecule has 1 heterocycles. The second kappa shape index (κ2) is 4.01. The predicted molar refractivity (Wildman–Crippen MR) is 45.2 cm³/mol. The van der Waals surface area contributed by atoms with E-state index >= 15 is 0 Å². The highest BCUT2D eigenvalue weighted by atomic mass is 19.3. The van der Waals surface area contributed by atoms with Crippen LogP contribution in [0.5, 0.6) is 5.75 Å². The van der Waals surface area contributed by atoms with Gasteiger partial charge in [0.2, 0.25) is 0 Å². The van der Waals surface area contributed by atoms with Crippen LogP contribution >= 0.6 is 0 Å². The molecule has 0 aliphatic rings. The maximum atomic E-state index is 12.5. The van der Waals surface area contributed by atoms with E-state index in [1.165, 1.54) is 13.2 Å². The molecule has 0 saturated carbocycles. The molecule has 1 aromatic rings. The van der Waals surface area contributed by atoms with Gasteiger partial charge in [0.1, 0.15) is 23.2 Å². The van der Waals surface area contributed by atoms with Crippen molar-refractivity contribution in [1.29, 1.82) is 5.26 Å². The predicted octanol–water partition coefficient (Wildman–Crippen LogP) is 2.21. The molecule has 14 heavy (non-hydrogen) atoms. The maximum Gasteiger partial charge on any atom is 0.284 e. The number of pyridine rings is 1. The van der Waals surface area contributed by atoms with Crippen LogP contribution in [0.2, 0.25) is 0 Å². The van der Waals surface area contributed by atoms with Crippen molar-refractivity contribution in [3.8, 4) is 11.8 Å². The summed E-state index contributed by atoms with van der Waals surface area (Å²) in [4.78, 5) is 3.49. The van der Waals surface area contributed by atoms with Gasteiger partial charge in [-0.25, -0.2) is 13.8 Å². The molecule has 0 fully saturated rings. The highest BCUT2D eigenvalue weighted by Crippen LogP contribution is 2.30. The summed E-state index contributed by atoms with van der Waals surface area (Å²) in [5.41, 5.74) is -0.0306. The van der Waals surface area contributed by atoms with Crippen LogP contribution in [0.1, 0.15) is 23.4 Å². The number of nitrogens with zero attached hydrogens (tertiary/aromatic N) is 2. The molecular weight excluding hydrogens is 190 g/mol. The molecule has 0 unspecified atom stereocenters. The second-order valence-corrected chi connectivity index (χ2v) is 2.66. The van der Waals surface area contributed by atoms with E-state index in [4.69, 9.17) is 10.00 Å². The van der Waals surface area contributed by atoms with Crippen molar-refractivity contribution >= 4 is 0 Å². The fourth-order valence-electron chi connectivity index (χ4n) is 1.16. The summed E-state index contributed by atoms with van der Waals surface area (Å²) >= 11 is 0. The van der Waals surface area contributed by atoms with Crippen molar-refractivity contribution in [1.82, 2.24) is 4.98 Å². The van der Waals surface area contributed by atoms with Gasteiger partial charge in [-0.2, -0.15) is 5.26 Å². The van der Waals surface area contributed by atoms with E-state index < -0.39 is 12.1 Å². The fourth-order valence-corrected chi connectivity index (χ4v) is 1.16. The zero-order valence-corrected chi connectivity index (χ0v) is 7.71. The van der Waals surface area contributed by atoms with Crippen LogP contribution in [-0.2, 0) is 0 Å². The molecule has 0 spiro atoms. The van der Waals surface area contributed by atoms with Gasteiger partial charge in [0.15, 0.2) is 0 Å². The van der Waals surface area contributed by atoms with Crippen molar-refractivity contribution in [3.63, 3.8) is 0 Å². The first kappa shape index (κ1) is 10.4. The minimum absolute atomic E-state index is 0.0291. The molecule has 0 radical (unpaired) electrons. The van der Waals surface area contributed by atoms with Crippen LogP contribution < -0.4 is 4.74 Å². The lowest BCUT2D eigenvalue weighted by molar-refractivity contribution is 0.141. The van der Waals surface area contributed by atoms with Crippen LogP contribution in [0, 0.1) is 18.3 Å². The molecule has 0 aliphatic carbocycles. The summed E-state index contributed by atoms with van der Waals surface area (Å²) < 4.78 is 29.7. The van der Waals surface area contributed by atoms with Gasteiger partial charge in [0, 0.05) is 0 Å². The summed E-state index contributed by atoms with van der Waals surface area (Å²) in [6.07, 6.45) is -2.74. The molecule has 0 aliphatic heterocycles. The standard InChI is InChI=1S/C9H8F2N2O/c1-5-3-6(4-12)13-7(9(10)11)8(5)14-2/h3,9H,1-2H3. The molecule has 5 heteroatoms. The van der Waals surface area contributed by atoms with Gasteiger partial charge in [-0.05, 0) is 18.6 Å². The van der Waals surface area contributed by atoms with Gasteiger partial charge < -0.3 is 4.74 Å². The Morgan fingerprint density at radius 3 is 2.64 bits per heavy atom. The number of rotatable bonds is 2. The summed E-state index contributed by atoms with van der Waals surface area (Å²) in [5.74, 6) is 0.0407. The lowest BCUT2D eigenvalue weighted by Crippen LogP contribution is -2.00. The topological polar surface area (TPSA) is 45.9 Å². The number of hydrogen-bond acceptors (Lipinski definition) is 3. The van der Waals surface area contributed by atoms with Crippen LogP contribution in [0.15, 0.2) is 6.07 Å². The normalized spacial score (nSPS) is 10.0. The first-order valence-corrected chi connectivity index (χ1v) is 3.84. The van der Waals surface area contributed by atoms with E-state index in [9.17, 15) is 8.78 Å². The van der Waals surface area contributed by atoms with Crippen molar-refractivity contribution in [2.24, 2.45) is 0 Å². The van der Waals surface area contributed by atoms with Gasteiger partial charge in [0.05, 0.1) is 7.11 Å². The van der Waals surface area contributed by atoms with E-state index in [0.29, 0.717) is 5.56 Å². The smallest absolute Gasteiger partial charge is 0.284 e. The number of aryl methyl sites for hydroxylation is 1. The highest BCUT2D eigenvalue weighted by molar-refractivity contribution is 5.41. The molecule has 0 saturated heterocycles. The van der Waals surface area contributed by atoms with Crippen molar-refractivity contribution in [2.45, 2.75) is 13.3 Å². The molecule has 1 aromatic heterocycles. The number of ether oxygens (including phenoxy) is 1. The van der Waals surface area contributed by atoms with E-state index in [2.05, 4.69) is 4.98 Å². The third kappa shape index (κ3) is 1.79. The summed E-state index contributed by atoms with van der Waals surface area (Å²) in [6, 6.07) is 3.12. The average Bonchev–Trinajstić information content (AvgIpc) is 2.16. The second-order valence-electron chi connectivity index (χ2n) is 2.66. The zero-order chi connectivity index (χ0) is 10.7. The van der Waals surface area contributed by atoms with Crippen LogP contribution in [0.4, 0.5) is 8.78 Å². The third-order valence-corrected chi connectivity index (χ3v) is 1.71. The van der Waals surface area contributed by atoms with Gasteiger partial charge in [0.25, 0.3) is 6.43 Å². The van der Waals surface area contributed by atoms with Gasteiger partial charge in [-0.3, -0.25) is 0 Å². The minimum atomic E-state index is -2.74. The van der Waals surface area contributed by atoms with E-state index in [-0.39, 0.29) is 11.4 Å². The van der Waals surface area contributed by atoms with E-state index in [1.807, 2.05) is 0 Å². The third-order valence-electron chi connectivity index (χ3n) is 1.71. The molecular formula is C9H8F2N2O. The summed E-state index contributed by atoms with van der Waals surface area (Å²) in [5, 5.41) is 8.53. The molecule has 0 aromatic carbocycles. The Morgan fingerprint density at radius 2 is 2.21 bits per heavy atom. The van der Waals surface area contributed by atoms with Crippen molar-refractivity contribution < 1.29 is 13.5 Å². The van der Waals surface area contributed by atoms with Crippen molar-refractivity contribution in [2.75, 3.05) is 7.11 Å². The number of alkyl halides is 2. The van der Waals surface area contributed by atoms with Gasteiger partial charge >= 0.3 is 0 Å². The first-order chi connectivity index (χ1) is 6.60. The van der Waals surface area contributed by atoms with Gasteiger partial charge in [-0.1, -0.05) is 0 Å². The molecule has 0 amide bonds. The molecule has 1 rings (SSSR count). The zero-order valence-electron chi connectivity index (χ0n) is 7.71. The Labute approximate surface area is 79.9 Å². The summed E-state index contributed by atoms with van der Waals surface area (Å²) in [6.45, 7) is 1.59. The largest absolute Gasteiger partial charge is 0.494 e. The van der Waals surface area contributed by atoms with E-state index in [0.717, 1.165) is 0 Å². The van der Waals surface area contributed by atoms with Crippen LogP contribution in [-0.4, -0.2) is 12.1 Å². The first-order valence-electron chi connectivity index (χ1n) is 3.84. The van der Waals surface area contributed by atoms with Crippen LogP contribution in [0.3, 0.4) is 0 Å². The molecule has 74 valence electrons. The highest BCUT2D eigenvalue weighted by Gasteiger charge is 2.18. The molecule has 0 atom stereocenters. The lowest BCUT2D eigenvalue weighted by atomic mass is 10.2. The Balaban J connectivity index is 3.37. The van der Waals surface area contributed by atoms with Gasteiger partial charge in [-0.15, -0.1) is 0 Å². The number of halogens is 2. The lowest BCUT2D eigenvalue weighted by Gasteiger charge is -2.09. The average molecular weight is 198 g/mol. The Bertz CT molecular complexity index is 385. The van der Waals surface area contributed by atoms with Crippen molar-refractivity contribution in [3.05, 3.63) is 23.0 Å². The molecule has 3 nitrogen and oxygen atoms in total.